The third-order valence-corrected chi connectivity index (χ3v) is 4.24. The van der Waals surface area contributed by atoms with Gasteiger partial charge in [-0.05, 0) is 42.8 Å². The molecule has 0 aliphatic rings. The second kappa shape index (κ2) is 5.43. The Morgan fingerprint density at radius 3 is 2.47 bits per heavy atom. The van der Waals surface area contributed by atoms with Gasteiger partial charge in [-0.15, -0.1) is 0 Å². The maximum absolute atomic E-state index is 13.7. The van der Waals surface area contributed by atoms with Crippen LogP contribution in [0.4, 0.5) is 10.1 Å². The second-order valence-electron chi connectivity index (χ2n) is 4.15. The Kier molecular flexibility index (Phi) is 4.06. The normalized spacial score (nSPS) is 10.5. The number of ketones is 1. The van der Waals surface area contributed by atoms with Crippen LogP contribution in [0.25, 0.3) is 0 Å². The Hall–Kier alpha value is -1.20. The van der Waals surface area contributed by atoms with Crippen molar-refractivity contribution < 1.29 is 9.18 Å². The fourth-order valence-electron chi connectivity index (χ4n) is 1.68. The fraction of sp³-hybridized carbons (Fsp3) is 0.0714. The smallest absolute Gasteiger partial charge is 0.197 e. The number of anilines is 1. The molecule has 5 heteroatoms. The summed E-state index contributed by atoms with van der Waals surface area (Å²) in [5, 5.41) is 0. The number of carbonyl (C=O) groups excluding carboxylic acids is 1. The highest BCUT2D eigenvalue weighted by atomic mass is 79.9. The summed E-state index contributed by atoms with van der Waals surface area (Å²) in [6.07, 6.45) is 0. The topological polar surface area (TPSA) is 43.1 Å². The molecule has 0 aliphatic carbocycles. The molecular formula is C14H10Br2FNO. The molecule has 0 saturated carbocycles. The molecule has 0 saturated heterocycles. The van der Waals surface area contributed by atoms with Crippen molar-refractivity contribution in [2.75, 3.05) is 5.73 Å². The predicted molar refractivity (Wildman–Crippen MR) is 80.8 cm³/mol. The van der Waals surface area contributed by atoms with E-state index in [0.29, 0.717) is 15.7 Å². The zero-order valence-electron chi connectivity index (χ0n) is 10.0. The van der Waals surface area contributed by atoms with Gasteiger partial charge in [0.2, 0.25) is 0 Å². The molecule has 19 heavy (non-hydrogen) atoms. The first-order valence-electron chi connectivity index (χ1n) is 5.45. The van der Waals surface area contributed by atoms with Crippen molar-refractivity contribution in [3.63, 3.8) is 0 Å². The molecule has 2 rings (SSSR count). The van der Waals surface area contributed by atoms with Crippen LogP contribution in [0.5, 0.6) is 0 Å². The first-order chi connectivity index (χ1) is 8.90. The van der Waals surface area contributed by atoms with Gasteiger partial charge in [0.25, 0.3) is 0 Å². The van der Waals surface area contributed by atoms with Gasteiger partial charge in [0.05, 0.1) is 5.56 Å². The lowest BCUT2D eigenvalue weighted by molar-refractivity contribution is 0.103. The van der Waals surface area contributed by atoms with Crippen molar-refractivity contribution in [2.45, 2.75) is 6.92 Å². The van der Waals surface area contributed by atoms with Crippen molar-refractivity contribution in [1.82, 2.24) is 0 Å². The first-order valence-corrected chi connectivity index (χ1v) is 7.04. The zero-order valence-corrected chi connectivity index (χ0v) is 13.2. The van der Waals surface area contributed by atoms with Crippen molar-refractivity contribution in [1.29, 1.82) is 0 Å². The number of nitrogen functional groups attached to an aromatic ring is 1. The molecule has 98 valence electrons. The van der Waals surface area contributed by atoms with Crippen LogP contribution >= 0.6 is 31.9 Å². The summed E-state index contributed by atoms with van der Waals surface area (Å²) in [5.74, 6) is -0.986. The van der Waals surface area contributed by atoms with E-state index < -0.39 is 11.6 Å². The summed E-state index contributed by atoms with van der Waals surface area (Å²) < 4.78 is 15.1. The monoisotopic (exact) mass is 385 g/mol. The number of hydrogen-bond donors (Lipinski definition) is 1. The Balaban J connectivity index is 2.56. The van der Waals surface area contributed by atoms with Crippen LogP contribution < -0.4 is 5.73 Å². The average molecular weight is 387 g/mol. The van der Waals surface area contributed by atoms with Crippen LogP contribution in [0, 0.1) is 12.7 Å². The van der Waals surface area contributed by atoms with Crippen molar-refractivity contribution >= 4 is 43.3 Å². The Morgan fingerprint density at radius 2 is 1.79 bits per heavy atom. The van der Waals surface area contributed by atoms with Gasteiger partial charge in [-0.3, -0.25) is 4.79 Å². The number of halogens is 3. The average Bonchev–Trinajstić information content (AvgIpc) is 2.36. The maximum Gasteiger partial charge on any atom is 0.197 e. The van der Waals surface area contributed by atoms with E-state index in [1.54, 1.807) is 6.07 Å². The summed E-state index contributed by atoms with van der Waals surface area (Å²) in [6, 6.07) is 7.44. The Labute approximate surface area is 127 Å². The molecule has 0 spiro atoms. The van der Waals surface area contributed by atoms with E-state index in [4.69, 9.17) is 5.73 Å². The van der Waals surface area contributed by atoms with E-state index in [0.717, 1.165) is 10.0 Å². The summed E-state index contributed by atoms with van der Waals surface area (Å²) in [7, 11) is 0. The molecule has 0 radical (unpaired) electrons. The molecule has 0 unspecified atom stereocenters. The van der Waals surface area contributed by atoms with Gasteiger partial charge in [0.15, 0.2) is 5.78 Å². The second-order valence-corrected chi connectivity index (χ2v) is 5.86. The largest absolute Gasteiger partial charge is 0.399 e. The third kappa shape index (κ3) is 2.87. The molecule has 2 aromatic rings. The van der Waals surface area contributed by atoms with E-state index in [1.165, 1.54) is 18.2 Å². The molecule has 0 heterocycles. The first kappa shape index (κ1) is 14.2. The van der Waals surface area contributed by atoms with E-state index in [2.05, 4.69) is 31.9 Å². The third-order valence-electron chi connectivity index (χ3n) is 2.73. The molecule has 2 nitrogen and oxygen atoms in total. The summed E-state index contributed by atoms with van der Waals surface area (Å²) in [6.45, 7) is 1.91. The molecule has 0 atom stereocenters. The molecule has 0 amide bonds. The van der Waals surface area contributed by atoms with Crippen LogP contribution in [0.15, 0.2) is 39.3 Å². The van der Waals surface area contributed by atoms with Gasteiger partial charge in [0, 0.05) is 20.2 Å². The minimum Gasteiger partial charge on any atom is -0.399 e. The molecular weight excluding hydrogens is 377 g/mol. The van der Waals surface area contributed by atoms with Crippen molar-refractivity contribution in [3.8, 4) is 0 Å². The van der Waals surface area contributed by atoms with Gasteiger partial charge in [-0.25, -0.2) is 4.39 Å². The highest BCUT2D eigenvalue weighted by Crippen LogP contribution is 2.28. The van der Waals surface area contributed by atoms with Crippen LogP contribution in [0.1, 0.15) is 21.5 Å². The van der Waals surface area contributed by atoms with E-state index >= 15 is 0 Å². The van der Waals surface area contributed by atoms with Crippen molar-refractivity contribution in [2.24, 2.45) is 0 Å². The van der Waals surface area contributed by atoms with Crippen LogP contribution in [0.3, 0.4) is 0 Å². The van der Waals surface area contributed by atoms with Crippen LogP contribution in [-0.2, 0) is 0 Å². The number of rotatable bonds is 2. The highest BCUT2D eigenvalue weighted by Gasteiger charge is 2.18. The molecule has 0 fully saturated rings. The van der Waals surface area contributed by atoms with E-state index in [9.17, 15) is 9.18 Å². The number of aryl methyl sites for hydroxylation is 1. The Bertz CT molecular complexity index is 671. The van der Waals surface area contributed by atoms with Crippen LogP contribution in [-0.4, -0.2) is 5.78 Å². The predicted octanol–water partition coefficient (Wildman–Crippen LogP) is 4.47. The minimum absolute atomic E-state index is 0.0311. The molecule has 2 aromatic carbocycles. The summed E-state index contributed by atoms with van der Waals surface area (Å²) in [5.41, 5.74) is 7.29. The van der Waals surface area contributed by atoms with Crippen molar-refractivity contribution in [3.05, 3.63) is 61.8 Å². The Morgan fingerprint density at radius 1 is 1.11 bits per heavy atom. The number of benzene rings is 2. The molecule has 0 bridgehead atoms. The van der Waals surface area contributed by atoms with Gasteiger partial charge in [-0.2, -0.15) is 0 Å². The molecule has 0 aliphatic heterocycles. The SMILES string of the molecule is Cc1cc(Br)c(C(=O)c2cc(N)ccc2F)cc1Br. The lowest BCUT2D eigenvalue weighted by atomic mass is 10.0. The zero-order chi connectivity index (χ0) is 14.2. The van der Waals surface area contributed by atoms with Gasteiger partial charge in [0.1, 0.15) is 5.82 Å². The molecule has 2 N–H and O–H groups in total. The minimum atomic E-state index is -0.581. The number of hydrogen-bond acceptors (Lipinski definition) is 2. The van der Waals surface area contributed by atoms with Gasteiger partial charge < -0.3 is 5.73 Å². The van der Waals surface area contributed by atoms with E-state index in [1.807, 2.05) is 13.0 Å². The summed E-state index contributed by atoms with van der Waals surface area (Å²) >= 11 is 6.69. The van der Waals surface area contributed by atoms with Crippen LogP contribution in [0.2, 0.25) is 0 Å². The fourth-order valence-corrected chi connectivity index (χ4v) is 2.66. The quantitative estimate of drug-likeness (QED) is 0.611. The number of nitrogens with two attached hydrogens (primary N) is 1. The highest BCUT2D eigenvalue weighted by molar-refractivity contribution is 9.11. The maximum atomic E-state index is 13.7. The lowest BCUT2D eigenvalue weighted by Gasteiger charge is -2.08. The number of carbonyl (C=O) groups is 1. The van der Waals surface area contributed by atoms with Gasteiger partial charge >= 0.3 is 0 Å². The van der Waals surface area contributed by atoms with E-state index in [-0.39, 0.29) is 5.56 Å². The summed E-state index contributed by atoms with van der Waals surface area (Å²) in [4.78, 5) is 12.4. The molecule has 0 aromatic heterocycles. The van der Waals surface area contributed by atoms with Gasteiger partial charge in [-0.1, -0.05) is 31.9 Å². The lowest BCUT2D eigenvalue weighted by Crippen LogP contribution is -2.06. The standard InChI is InChI=1S/C14H10Br2FNO/c1-7-4-12(16)9(6-11(7)15)14(19)10-5-8(18)2-3-13(10)17/h2-6H,18H2,1H3.